The first-order chi connectivity index (χ1) is 15.7. The minimum Gasteiger partial charge on any atom is -0.493 e. The molecule has 5 heteroatoms. The summed E-state index contributed by atoms with van der Waals surface area (Å²) in [5.74, 6) is 1.38. The maximum absolute atomic E-state index is 12.6. The molecule has 0 aromatic heterocycles. The molecule has 1 aliphatic rings. The van der Waals surface area contributed by atoms with Gasteiger partial charge in [0, 0.05) is 24.3 Å². The van der Waals surface area contributed by atoms with Crippen molar-refractivity contribution in [2.24, 2.45) is 0 Å². The van der Waals surface area contributed by atoms with E-state index in [0.717, 1.165) is 42.1 Å². The Morgan fingerprint density at radius 3 is 2.50 bits per heavy atom. The highest BCUT2D eigenvalue weighted by atomic mass is 16.5. The number of hydrogen-bond acceptors (Lipinski definition) is 4. The van der Waals surface area contributed by atoms with Crippen molar-refractivity contribution >= 4 is 5.91 Å². The molecule has 1 N–H and O–H groups in total. The molecule has 5 nitrogen and oxygen atoms in total. The summed E-state index contributed by atoms with van der Waals surface area (Å²) in [5.41, 5.74) is 3.73. The van der Waals surface area contributed by atoms with Crippen molar-refractivity contribution in [3.8, 4) is 22.6 Å². The lowest BCUT2D eigenvalue weighted by atomic mass is 10.1. The molecule has 0 aliphatic carbocycles. The quantitative estimate of drug-likeness (QED) is 0.503. The first kappa shape index (κ1) is 21.9. The van der Waals surface area contributed by atoms with Gasteiger partial charge in [0.1, 0.15) is 18.1 Å². The standard InChI is InChI=1S/C27H29NO4/c1-2-30-26-15-12-22(27(29)28-18-25-9-6-16-31-25)17-23(26)19-32-24-13-10-21(11-14-24)20-7-4-3-5-8-20/h3-5,7-8,10-15,17,25H,2,6,9,16,18-19H2,1H3,(H,28,29). The third kappa shape index (κ3) is 5.68. The highest BCUT2D eigenvalue weighted by Gasteiger charge is 2.17. The first-order valence-corrected chi connectivity index (χ1v) is 11.2. The Balaban J connectivity index is 1.41. The average Bonchev–Trinajstić information content (AvgIpc) is 3.37. The number of rotatable bonds is 9. The monoisotopic (exact) mass is 431 g/mol. The second-order valence-corrected chi connectivity index (χ2v) is 7.78. The largest absolute Gasteiger partial charge is 0.493 e. The molecular formula is C27H29NO4. The van der Waals surface area contributed by atoms with E-state index < -0.39 is 0 Å². The molecule has 0 bridgehead atoms. The Morgan fingerprint density at radius 2 is 1.78 bits per heavy atom. The molecule has 4 rings (SSSR count). The molecule has 1 saturated heterocycles. The normalized spacial score (nSPS) is 15.3. The summed E-state index contributed by atoms with van der Waals surface area (Å²) in [5, 5.41) is 2.97. The van der Waals surface area contributed by atoms with Crippen LogP contribution < -0.4 is 14.8 Å². The minimum atomic E-state index is -0.114. The summed E-state index contributed by atoms with van der Waals surface area (Å²) < 4.78 is 17.3. The maximum Gasteiger partial charge on any atom is 0.251 e. The average molecular weight is 432 g/mol. The summed E-state index contributed by atoms with van der Waals surface area (Å²) in [4.78, 5) is 12.6. The molecule has 166 valence electrons. The van der Waals surface area contributed by atoms with Crippen LogP contribution in [0.5, 0.6) is 11.5 Å². The molecule has 1 fully saturated rings. The second-order valence-electron chi connectivity index (χ2n) is 7.78. The van der Waals surface area contributed by atoms with Crippen molar-refractivity contribution in [2.75, 3.05) is 19.8 Å². The van der Waals surface area contributed by atoms with Crippen LogP contribution in [0.25, 0.3) is 11.1 Å². The third-order valence-corrected chi connectivity index (χ3v) is 5.49. The molecule has 0 saturated carbocycles. The van der Waals surface area contributed by atoms with Crippen LogP contribution in [0.1, 0.15) is 35.7 Å². The van der Waals surface area contributed by atoms with E-state index in [2.05, 4.69) is 17.4 Å². The van der Waals surface area contributed by atoms with Crippen molar-refractivity contribution in [3.63, 3.8) is 0 Å². The molecular weight excluding hydrogens is 402 g/mol. The molecule has 3 aromatic rings. The SMILES string of the molecule is CCOc1ccc(C(=O)NCC2CCCO2)cc1COc1ccc(-c2ccccc2)cc1. The van der Waals surface area contributed by atoms with Crippen molar-refractivity contribution < 1.29 is 19.0 Å². The fourth-order valence-corrected chi connectivity index (χ4v) is 3.78. The number of ether oxygens (including phenoxy) is 3. The van der Waals surface area contributed by atoms with Gasteiger partial charge < -0.3 is 19.5 Å². The van der Waals surface area contributed by atoms with Gasteiger partial charge in [-0.25, -0.2) is 0 Å². The Labute approximate surface area is 189 Å². The van der Waals surface area contributed by atoms with Crippen LogP contribution in [-0.2, 0) is 11.3 Å². The predicted octanol–water partition coefficient (Wildman–Crippen LogP) is 5.24. The highest BCUT2D eigenvalue weighted by molar-refractivity contribution is 5.94. The smallest absolute Gasteiger partial charge is 0.251 e. The van der Waals surface area contributed by atoms with E-state index in [9.17, 15) is 4.79 Å². The molecule has 1 unspecified atom stereocenters. The molecule has 1 atom stereocenters. The number of carbonyl (C=O) groups is 1. The highest BCUT2D eigenvalue weighted by Crippen LogP contribution is 2.25. The molecule has 1 heterocycles. The fraction of sp³-hybridized carbons (Fsp3) is 0.296. The second kappa shape index (κ2) is 10.8. The van der Waals surface area contributed by atoms with Crippen molar-refractivity contribution in [2.45, 2.75) is 32.5 Å². The lowest BCUT2D eigenvalue weighted by molar-refractivity contribution is 0.0857. The molecule has 3 aromatic carbocycles. The molecule has 0 radical (unpaired) electrons. The van der Waals surface area contributed by atoms with Crippen LogP contribution in [0.3, 0.4) is 0 Å². The van der Waals surface area contributed by atoms with Gasteiger partial charge in [-0.1, -0.05) is 42.5 Å². The Morgan fingerprint density at radius 1 is 1.00 bits per heavy atom. The zero-order valence-corrected chi connectivity index (χ0v) is 18.4. The Bertz CT molecular complexity index is 1010. The molecule has 1 aliphatic heterocycles. The van der Waals surface area contributed by atoms with E-state index in [1.54, 1.807) is 6.07 Å². The van der Waals surface area contributed by atoms with Gasteiger partial charge >= 0.3 is 0 Å². The van der Waals surface area contributed by atoms with Gasteiger partial charge in [-0.05, 0) is 61.2 Å². The fourth-order valence-electron chi connectivity index (χ4n) is 3.78. The van der Waals surface area contributed by atoms with Crippen molar-refractivity contribution in [1.82, 2.24) is 5.32 Å². The van der Waals surface area contributed by atoms with Gasteiger partial charge in [0.25, 0.3) is 5.91 Å². The van der Waals surface area contributed by atoms with E-state index in [-0.39, 0.29) is 12.0 Å². The van der Waals surface area contributed by atoms with E-state index in [0.29, 0.717) is 25.3 Å². The van der Waals surface area contributed by atoms with Crippen LogP contribution in [0.2, 0.25) is 0 Å². The van der Waals surface area contributed by atoms with E-state index in [1.165, 1.54) is 5.56 Å². The Kier molecular flexibility index (Phi) is 7.41. The summed E-state index contributed by atoms with van der Waals surface area (Å²) >= 11 is 0. The summed E-state index contributed by atoms with van der Waals surface area (Å²) in [6, 6.07) is 23.7. The zero-order valence-electron chi connectivity index (χ0n) is 18.4. The van der Waals surface area contributed by atoms with Gasteiger partial charge in [-0.15, -0.1) is 0 Å². The van der Waals surface area contributed by atoms with Gasteiger partial charge in [-0.2, -0.15) is 0 Å². The third-order valence-electron chi connectivity index (χ3n) is 5.49. The number of benzene rings is 3. The van der Waals surface area contributed by atoms with E-state index >= 15 is 0 Å². The summed E-state index contributed by atoms with van der Waals surface area (Å²) in [7, 11) is 0. The van der Waals surface area contributed by atoms with E-state index in [4.69, 9.17) is 14.2 Å². The number of amides is 1. The molecule has 0 spiro atoms. The molecule has 32 heavy (non-hydrogen) atoms. The minimum absolute atomic E-state index is 0.114. The topological polar surface area (TPSA) is 56.8 Å². The lowest BCUT2D eigenvalue weighted by Crippen LogP contribution is -2.31. The predicted molar refractivity (Wildman–Crippen MR) is 125 cm³/mol. The van der Waals surface area contributed by atoms with Crippen LogP contribution >= 0.6 is 0 Å². The lowest BCUT2D eigenvalue weighted by Gasteiger charge is -2.15. The first-order valence-electron chi connectivity index (χ1n) is 11.2. The van der Waals surface area contributed by atoms with Gasteiger partial charge in [0.05, 0.1) is 12.7 Å². The Hall–Kier alpha value is -3.31. The zero-order chi connectivity index (χ0) is 22.2. The maximum atomic E-state index is 12.6. The summed E-state index contributed by atoms with van der Waals surface area (Å²) in [6.45, 7) is 4.11. The van der Waals surface area contributed by atoms with Gasteiger partial charge in [0.15, 0.2) is 0 Å². The van der Waals surface area contributed by atoms with Gasteiger partial charge in [0.2, 0.25) is 0 Å². The van der Waals surface area contributed by atoms with Crippen LogP contribution in [0.4, 0.5) is 0 Å². The van der Waals surface area contributed by atoms with Crippen LogP contribution in [0, 0.1) is 0 Å². The van der Waals surface area contributed by atoms with Crippen molar-refractivity contribution in [1.29, 1.82) is 0 Å². The van der Waals surface area contributed by atoms with Crippen LogP contribution in [0.15, 0.2) is 72.8 Å². The van der Waals surface area contributed by atoms with Crippen LogP contribution in [-0.4, -0.2) is 31.8 Å². The summed E-state index contributed by atoms with van der Waals surface area (Å²) in [6.07, 6.45) is 2.16. The van der Waals surface area contributed by atoms with Gasteiger partial charge in [-0.3, -0.25) is 4.79 Å². The number of nitrogens with one attached hydrogen (secondary N) is 1. The van der Waals surface area contributed by atoms with Crippen molar-refractivity contribution in [3.05, 3.63) is 83.9 Å². The number of carbonyl (C=O) groups excluding carboxylic acids is 1. The van der Waals surface area contributed by atoms with E-state index in [1.807, 2.05) is 61.5 Å². The number of hydrogen-bond donors (Lipinski definition) is 1. The molecule has 1 amide bonds.